The Morgan fingerprint density at radius 2 is 1.62 bits per heavy atom. The van der Waals surface area contributed by atoms with Crippen molar-refractivity contribution in [3.8, 4) is 0 Å². The molecular weight excluding hydrogens is 352 g/mol. The summed E-state index contributed by atoms with van der Waals surface area (Å²) in [4.78, 5) is 0. The molecule has 3 rings (SSSR count). The smallest absolute Gasteiger partial charge is 0.265 e. The van der Waals surface area contributed by atoms with E-state index in [4.69, 9.17) is 0 Å². The molecule has 0 saturated carbocycles. The lowest BCUT2D eigenvalue weighted by atomic mass is 9.75. The molecule has 0 spiro atoms. The summed E-state index contributed by atoms with van der Waals surface area (Å²) in [5.41, 5.74) is 2.82. The predicted octanol–water partition coefficient (Wildman–Crippen LogP) is 0.840. The fraction of sp³-hybridized carbons (Fsp3) is 0.643. The molecule has 0 aromatic heterocycles. The Bertz CT molecular complexity index is 930. The van der Waals surface area contributed by atoms with Gasteiger partial charge >= 0.3 is 20.4 Å². The van der Waals surface area contributed by atoms with E-state index in [1.54, 1.807) is 20.9 Å². The summed E-state index contributed by atoms with van der Waals surface area (Å²) in [7, 11) is -2.83. The molecule has 0 bridgehead atoms. The summed E-state index contributed by atoms with van der Waals surface area (Å²) < 4.78 is 57.3. The van der Waals surface area contributed by atoms with Crippen LogP contribution in [0.2, 0.25) is 0 Å². The topological polar surface area (TPSA) is 90.4 Å². The molecule has 2 heterocycles. The standard InChI is InChI=1S/C14H22N4O4S2/c1-9-11-7-12-10(2)16(4)24(21,22)18(6)14(12,3)8-13(11)17(5)23(19,20)15-9/h7-8H2,1-6H3. The summed E-state index contributed by atoms with van der Waals surface area (Å²) in [5.74, 6) is 0. The summed E-state index contributed by atoms with van der Waals surface area (Å²) in [6, 6.07) is 0. The van der Waals surface area contributed by atoms with E-state index in [2.05, 4.69) is 4.40 Å². The molecule has 0 aromatic carbocycles. The van der Waals surface area contributed by atoms with Crippen molar-refractivity contribution in [3.63, 3.8) is 0 Å². The number of hydrogen-bond donors (Lipinski definition) is 0. The fourth-order valence-corrected chi connectivity index (χ4v) is 6.24. The lowest BCUT2D eigenvalue weighted by Gasteiger charge is -2.51. The molecule has 134 valence electrons. The van der Waals surface area contributed by atoms with Crippen LogP contribution < -0.4 is 0 Å². The van der Waals surface area contributed by atoms with Gasteiger partial charge in [-0.3, -0.25) is 8.61 Å². The molecule has 8 nitrogen and oxygen atoms in total. The second-order valence-electron chi connectivity index (χ2n) is 6.68. The van der Waals surface area contributed by atoms with Crippen LogP contribution in [0.3, 0.4) is 0 Å². The molecule has 0 fully saturated rings. The van der Waals surface area contributed by atoms with E-state index in [1.165, 1.54) is 27.0 Å². The van der Waals surface area contributed by atoms with Crippen molar-refractivity contribution in [3.05, 3.63) is 22.5 Å². The van der Waals surface area contributed by atoms with Gasteiger partial charge in [-0.25, -0.2) is 0 Å². The lowest BCUT2D eigenvalue weighted by molar-refractivity contribution is 0.228. The van der Waals surface area contributed by atoms with E-state index in [0.717, 1.165) is 11.1 Å². The third-order valence-electron chi connectivity index (χ3n) is 5.58. The summed E-state index contributed by atoms with van der Waals surface area (Å²) in [5, 5.41) is 0. The van der Waals surface area contributed by atoms with Gasteiger partial charge in [-0.1, -0.05) is 0 Å². The van der Waals surface area contributed by atoms with Gasteiger partial charge in [-0.2, -0.15) is 21.1 Å². The third-order valence-corrected chi connectivity index (χ3v) is 9.05. The van der Waals surface area contributed by atoms with Crippen molar-refractivity contribution in [2.75, 3.05) is 21.1 Å². The lowest BCUT2D eigenvalue weighted by Crippen LogP contribution is -2.59. The number of nitrogens with zero attached hydrogens (tertiary/aromatic N) is 4. The minimum Gasteiger partial charge on any atom is -0.265 e. The highest BCUT2D eigenvalue weighted by Crippen LogP contribution is 2.48. The number of likely N-dealkylation sites (N-methyl/N-ethyl adjacent to an activating group) is 1. The van der Waals surface area contributed by atoms with Crippen LogP contribution in [-0.2, 0) is 20.4 Å². The third kappa shape index (κ3) is 2.02. The van der Waals surface area contributed by atoms with Crippen LogP contribution in [0.1, 0.15) is 33.6 Å². The molecule has 1 atom stereocenters. The molecule has 2 aliphatic heterocycles. The first-order chi connectivity index (χ1) is 10.8. The molecule has 0 radical (unpaired) electrons. The Hall–Kier alpha value is -1.39. The van der Waals surface area contributed by atoms with E-state index in [9.17, 15) is 16.8 Å². The van der Waals surface area contributed by atoms with Crippen LogP contribution in [0, 0.1) is 0 Å². The Morgan fingerprint density at radius 1 is 1.04 bits per heavy atom. The molecule has 0 N–H and O–H groups in total. The van der Waals surface area contributed by atoms with Crippen molar-refractivity contribution >= 4 is 26.1 Å². The Labute approximate surface area is 143 Å². The Morgan fingerprint density at radius 3 is 2.21 bits per heavy atom. The quantitative estimate of drug-likeness (QED) is 0.628. The van der Waals surface area contributed by atoms with Crippen molar-refractivity contribution in [1.82, 2.24) is 12.9 Å². The van der Waals surface area contributed by atoms with Gasteiger partial charge in [0.25, 0.3) is 0 Å². The van der Waals surface area contributed by atoms with Crippen molar-refractivity contribution < 1.29 is 16.8 Å². The molecule has 3 aliphatic rings. The van der Waals surface area contributed by atoms with E-state index in [1.807, 2.05) is 6.92 Å². The van der Waals surface area contributed by atoms with Crippen molar-refractivity contribution in [1.29, 1.82) is 0 Å². The maximum Gasteiger partial charge on any atom is 0.344 e. The Kier molecular flexibility index (Phi) is 3.51. The Balaban J connectivity index is 2.26. The molecule has 10 heteroatoms. The fourth-order valence-electron chi connectivity index (χ4n) is 3.70. The van der Waals surface area contributed by atoms with E-state index in [0.29, 0.717) is 29.9 Å². The summed E-state index contributed by atoms with van der Waals surface area (Å²) >= 11 is 0. The summed E-state index contributed by atoms with van der Waals surface area (Å²) in [6.07, 6.45) is 0.776. The van der Waals surface area contributed by atoms with Crippen LogP contribution >= 0.6 is 0 Å². The number of fused-ring (bicyclic) bond motifs is 1. The van der Waals surface area contributed by atoms with E-state index >= 15 is 0 Å². The van der Waals surface area contributed by atoms with Gasteiger partial charge in [0, 0.05) is 45.4 Å². The monoisotopic (exact) mass is 374 g/mol. The maximum absolute atomic E-state index is 12.7. The van der Waals surface area contributed by atoms with Crippen molar-refractivity contribution in [2.45, 2.75) is 39.2 Å². The first-order valence-corrected chi connectivity index (χ1v) is 10.3. The van der Waals surface area contributed by atoms with Crippen LogP contribution in [0.4, 0.5) is 0 Å². The zero-order chi connectivity index (χ0) is 18.2. The molecule has 1 unspecified atom stereocenters. The van der Waals surface area contributed by atoms with E-state index in [-0.39, 0.29) is 0 Å². The zero-order valence-electron chi connectivity index (χ0n) is 14.7. The predicted molar refractivity (Wildman–Crippen MR) is 91.6 cm³/mol. The molecular formula is C14H22N4O4S2. The van der Waals surface area contributed by atoms with Crippen LogP contribution in [-0.4, -0.2) is 62.1 Å². The molecule has 0 aromatic rings. The van der Waals surface area contributed by atoms with Gasteiger partial charge in [-0.05, 0) is 31.9 Å². The van der Waals surface area contributed by atoms with Gasteiger partial charge < -0.3 is 0 Å². The number of rotatable bonds is 0. The average Bonchev–Trinajstić information content (AvgIpc) is 2.48. The highest BCUT2D eigenvalue weighted by atomic mass is 32.2. The minimum absolute atomic E-state index is 0.293. The molecule has 24 heavy (non-hydrogen) atoms. The number of hydrogen-bond acceptors (Lipinski definition) is 4. The molecule has 0 amide bonds. The number of allylic oxidation sites excluding steroid dienone is 2. The second-order valence-corrected chi connectivity index (χ2v) is 10.3. The zero-order valence-corrected chi connectivity index (χ0v) is 16.3. The van der Waals surface area contributed by atoms with Crippen LogP contribution in [0.25, 0.3) is 0 Å². The van der Waals surface area contributed by atoms with Gasteiger partial charge in [0.1, 0.15) is 0 Å². The highest BCUT2D eigenvalue weighted by Gasteiger charge is 2.52. The SMILES string of the molecule is CC1=NS(=O)(=O)N(C)C2=C1CC1=C(C)N(C)S(=O)(=O)N(C)C1(C)C2. The van der Waals surface area contributed by atoms with Crippen LogP contribution in [0.15, 0.2) is 26.9 Å². The minimum atomic E-state index is -3.75. The largest absolute Gasteiger partial charge is 0.344 e. The first-order valence-electron chi connectivity index (χ1n) is 7.55. The average molecular weight is 374 g/mol. The second kappa shape index (κ2) is 4.83. The normalized spacial score (nSPS) is 32.5. The van der Waals surface area contributed by atoms with Gasteiger partial charge in [0.15, 0.2) is 0 Å². The first kappa shape index (κ1) is 17.4. The molecule has 0 saturated heterocycles. The highest BCUT2D eigenvalue weighted by molar-refractivity contribution is 7.88. The van der Waals surface area contributed by atoms with Gasteiger partial charge in [-0.15, -0.1) is 4.40 Å². The summed E-state index contributed by atoms with van der Waals surface area (Å²) in [6.45, 7) is 5.33. The maximum atomic E-state index is 12.7. The van der Waals surface area contributed by atoms with Crippen LogP contribution in [0.5, 0.6) is 0 Å². The van der Waals surface area contributed by atoms with Crippen molar-refractivity contribution in [2.24, 2.45) is 4.40 Å². The molecule has 1 aliphatic carbocycles. The van der Waals surface area contributed by atoms with E-state index < -0.39 is 26.0 Å². The van der Waals surface area contributed by atoms with Gasteiger partial charge in [0.05, 0.1) is 11.3 Å². The van der Waals surface area contributed by atoms with Gasteiger partial charge in [0.2, 0.25) is 0 Å².